The molecule has 5 atom stereocenters. The molecule has 2 aliphatic carbocycles. The molecule has 1 aromatic heterocycles. The predicted molar refractivity (Wildman–Crippen MR) is 94.9 cm³/mol. The number of fused-ring (bicyclic) bond motifs is 1. The second kappa shape index (κ2) is 6.97. The van der Waals surface area contributed by atoms with E-state index in [0.29, 0.717) is 5.92 Å². The third-order valence-corrected chi connectivity index (χ3v) is 7.28. The molecule has 0 spiro atoms. The van der Waals surface area contributed by atoms with Crippen molar-refractivity contribution in [2.75, 3.05) is 7.11 Å². The van der Waals surface area contributed by atoms with Crippen LogP contribution in [-0.2, 0) is 20.7 Å². The molecular formula is C21H30O4. The van der Waals surface area contributed by atoms with E-state index in [4.69, 9.17) is 9.15 Å². The molecule has 0 bridgehead atoms. The van der Waals surface area contributed by atoms with Crippen molar-refractivity contribution in [2.24, 2.45) is 28.6 Å². The van der Waals surface area contributed by atoms with E-state index in [1.165, 1.54) is 12.7 Å². The number of rotatable bonds is 5. The van der Waals surface area contributed by atoms with Crippen LogP contribution in [0, 0.1) is 28.6 Å². The maximum absolute atomic E-state index is 12.6. The first-order chi connectivity index (χ1) is 12.0. The average Bonchev–Trinajstić information content (AvgIpc) is 3.12. The van der Waals surface area contributed by atoms with Crippen molar-refractivity contribution in [1.29, 1.82) is 0 Å². The van der Waals surface area contributed by atoms with E-state index in [1.54, 1.807) is 12.5 Å². The molecule has 4 heteroatoms. The van der Waals surface area contributed by atoms with Crippen LogP contribution >= 0.6 is 0 Å². The molecule has 2 fully saturated rings. The lowest BCUT2D eigenvalue weighted by molar-refractivity contribution is -0.173. The SMILES string of the molecule is COC(=O)[C@@]1(C)CCC[C@@]2(C)[C@H](CCc3ccoc3)C(C=O)CC[C@@H]21. The highest BCUT2D eigenvalue weighted by Crippen LogP contribution is 2.62. The van der Waals surface area contributed by atoms with Crippen molar-refractivity contribution in [1.82, 2.24) is 0 Å². The Hall–Kier alpha value is -1.58. The van der Waals surface area contributed by atoms with Crippen LogP contribution in [-0.4, -0.2) is 19.4 Å². The molecular weight excluding hydrogens is 316 g/mol. The Balaban J connectivity index is 1.88. The second-order valence-corrected chi connectivity index (χ2v) is 8.48. The van der Waals surface area contributed by atoms with Crippen molar-refractivity contribution in [3.8, 4) is 0 Å². The Kier molecular flexibility index (Phi) is 5.08. The molecule has 1 heterocycles. The summed E-state index contributed by atoms with van der Waals surface area (Å²) in [4.78, 5) is 24.4. The largest absolute Gasteiger partial charge is 0.472 e. The lowest BCUT2D eigenvalue weighted by atomic mass is 9.45. The van der Waals surface area contributed by atoms with Crippen LogP contribution in [0.25, 0.3) is 0 Å². The van der Waals surface area contributed by atoms with Crippen LogP contribution in [0.1, 0.15) is 57.9 Å². The van der Waals surface area contributed by atoms with Gasteiger partial charge in [0.15, 0.2) is 0 Å². The van der Waals surface area contributed by atoms with Crippen molar-refractivity contribution in [3.63, 3.8) is 0 Å². The van der Waals surface area contributed by atoms with E-state index < -0.39 is 5.41 Å². The van der Waals surface area contributed by atoms with Gasteiger partial charge in [0.2, 0.25) is 0 Å². The summed E-state index contributed by atoms with van der Waals surface area (Å²) in [5, 5.41) is 0. The topological polar surface area (TPSA) is 56.5 Å². The summed E-state index contributed by atoms with van der Waals surface area (Å²) >= 11 is 0. The summed E-state index contributed by atoms with van der Waals surface area (Å²) < 4.78 is 10.4. The first-order valence-corrected chi connectivity index (χ1v) is 9.50. The first-order valence-electron chi connectivity index (χ1n) is 9.50. The highest BCUT2D eigenvalue weighted by atomic mass is 16.5. The molecule has 4 nitrogen and oxygen atoms in total. The molecule has 3 rings (SSSR count). The van der Waals surface area contributed by atoms with E-state index in [2.05, 4.69) is 13.8 Å². The number of esters is 1. The van der Waals surface area contributed by atoms with Crippen molar-refractivity contribution in [3.05, 3.63) is 24.2 Å². The number of aryl methyl sites for hydroxylation is 1. The Morgan fingerprint density at radius 1 is 1.36 bits per heavy atom. The van der Waals surface area contributed by atoms with Crippen LogP contribution in [0.5, 0.6) is 0 Å². The third-order valence-electron chi connectivity index (χ3n) is 7.28. The maximum atomic E-state index is 12.6. The molecule has 1 aromatic rings. The Morgan fingerprint density at radius 2 is 2.16 bits per heavy atom. The monoisotopic (exact) mass is 346 g/mol. The number of hydrogen-bond donors (Lipinski definition) is 0. The molecule has 2 saturated carbocycles. The molecule has 138 valence electrons. The van der Waals surface area contributed by atoms with Gasteiger partial charge >= 0.3 is 5.97 Å². The van der Waals surface area contributed by atoms with Gasteiger partial charge in [0.25, 0.3) is 0 Å². The van der Waals surface area contributed by atoms with Crippen molar-refractivity contribution in [2.45, 2.75) is 58.8 Å². The fourth-order valence-corrected chi connectivity index (χ4v) is 6.00. The third kappa shape index (κ3) is 3.04. The van der Waals surface area contributed by atoms with Gasteiger partial charge < -0.3 is 13.9 Å². The fourth-order valence-electron chi connectivity index (χ4n) is 6.00. The van der Waals surface area contributed by atoms with Gasteiger partial charge in [0.1, 0.15) is 6.29 Å². The number of carbonyl (C=O) groups excluding carboxylic acids is 2. The van der Waals surface area contributed by atoms with Crippen molar-refractivity contribution < 1.29 is 18.7 Å². The van der Waals surface area contributed by atoms with Crippen LogP contribution < -0.4 is 0 Å². The normalized spacial score (nSPS) is 38.0. The minimum Gasteiger partial charge on any atom is -0.472 e. The minimum absolute atomic E-state index is 0.00868. The standard InChI is InChI=1S/C21H30O4/c1-20-10-4-11-21(2,19(23)24-3)18(20)8-6-16(13-22)17(20)7-5-15-9-12-25-14-15/h9,12-14,16-18H,4-8,10-11H2,1-3H3/t16?,17-,18+,20+,21+/m1/s1. The molecule has 0 radical (unpaired) electrons. The summed E-state index contributed by atoms with van der Waals surface area (Å²) in [6.45, 7) is 4.39. The Labute approximate surface area is 150 Å². The van der Waals surface area contributed by atoms with Gasteiger partial charge in [-0.05, 0) is 74.3 Å². The number of methoxy groups -OCH3 is 1. The zero-order valence-electron chi connectivity index (χ0n) is 15.6. The molecule has 1 unspecified atom stereocenters. The number of furan rings is 1. The Morgan fingerprint density at radius 3 is 2.80 bits per heavy atom. The van der Waals surface area contributed by atoms with Gasteiger partial charge in [0.05, 0.1) is 25.1 Å². The van der Waals surface area contributed by atoms with Gasteiger partial charge in [-0.1, -0.05) is 13.3 Å². The van der Waals surface area contributed by atoms with Gasteiger partial charge in [-0.3, -0.25) is 4.79 Å². The number of carbonyl (C=O) groups is 2. The van der Waals surface area contributed by atoms with Crippen LogP contribution in [0.4, 0.5) is 0 Å². The number of ether oxygens (including phenoxy) is 1. The molecule has 0 aromatic carbocycles. The van der Waals surface area contributed by atoms with Gasteiger partial charge in [-0.15, -0.1) is 0 Å². The van der Waals surface area contributed by atoms with E-state index in [-0.39, 0.29) is 23.2 Å². The zero-order valence-corrected chi connectivity index (χ0v) is 15.6. The highest BCUT2D eigenvalue weighted by molar-refractivity contribution is 5.77. The molecule has 2 aliphatic rings. The quantitative estimate of drug-likeness (QED) is 0.585. The Bertz CT molecular complexity index is 607. The molecule has 0 amide bonds. The fraction of sp³-hybridized carbons (Fsp3) is 0.714. The van der Waals surface area contributed by atoms with Crippen LogP contribution in [0.3, 0.4) is 0 Å². The lowest BCUT2D eigenvalue weighted by Gasteiger charge is -2.58. The molecule has 0 N–H and O–H groups in total. The van der Waals surface area contributed by atoms with E-state index in [9.17, 15) is 9.59 Å². The summed E-state index contributed by atoms with van der Waals surface area (Å²) in [5.74, 6) is 0.601. The lowest BCUT2D eigenvalue weighted by Crippen LogP contribution is -2.55. The van der Waals surface area contributed by atoms with Gasteiger partial charge in [-0.2, -0.15) is 0 Å². The van der Waals surface area contributed by atoms with Crippen LogP contribution in [0.2, 0.25) is 0 Å². The zero-order chi connectivity index (χ0) is 18.1. The smallest absolute Gasteiger partial charge is 0.311 e. The summed E-state index contributed by atoms with van der Waals surface area (Å²) in [6, 6.07) is 2.00. The van der Waals surface area contributed by atoms with Crippen molar-refractivity contribution >= 4 is 12.3 Å². The molecule has 0 saturated heterocycles. The van der Waals surface area contributed by atoms with Gasteiger partial charge in [0, 0.05) is 5.92 Å². The first kappa shape index (κ1) is 18.2. The highest BCUT2D eigenvalue weighted by Gasteiger charge is 2.58. The summed E-state index contributed by atoms with van der Waals surface area (Å²) in [7, 11) is 1.49. The van der Waals surface area contributed by atoms with E-state index in [1.807, 2.05) is 6.07 Å². The average molecular weight is 346 g/mol. The minimum atomic E-state index is -0.427. The van der Waals surface area contributed by atoms with E-state index >= 15 is 0 Å². The van der Waals surface area contributed by atoms with Gasteiger partial charge in [-0.25, -0.2) is 0 Å². The maximum Gasteiger partial charge on any atom is 0.311 e. The van der Waals surface area contributed by atoms with Crippen LogP contribution in [0.15, 0.2) is 23.0 Å². The predicted octanol–water partition coefficient (Wildman–Crippen LogP) is 4.42. The number of hydrogen-bond acceptors (Lipinski definition) is 4. The molecule has 25 heavy (non-hydrogen) atoms. The number of aldehydes is 1. The van der Waals surface area contributed by atoms with E-state index in [0.717, 1.165) is 51.2 Å². The summed E-state index contributed by atoms with van der Waals surface area (Å²) in [5.41, 5.74) is 0.764. The second-order valence-electron chi connectivity index (χ2n) is 8.48. The summed E-state index contributed by atoms with van der Waals surface area (Å²) in [6.07, 6.45) is 11.4. The molecule has 0 aliphatic heterocycles.